The van der Waals surface area contributed by atoms with E-state index < -0.39 is 10.0 Å². The Morgan fingerprint density at radius 3 is 2.61 bits per heavy atom. The van der Waals surface area contributed by atoms with Gasteiger partial charge in [-0.15, -0.1) is 0 Å². The van der Waals surface area contributed by atoms with Crippen LogP contribution in [0.5, 0.6) is 0 Å². The lowest BCUT2D eigenvalue weighted by atomic mass is 10.0. The van der Waals surface area contributed by atoms with Crippen molar-refractivity contribution in [3.05, 3.63) is 11.5 Å². The molecule has 1 fully saturated rings. The molecule has 2 unspecified atom stereocenters. The predicted octanol–water partition coefficient (Wildman–Crippen LogP) is 0.792. The molecule has 2 rings (SSSR count). The summed E-state index contributed by atoms with van der Waals surface area (Å²) in [7, 11) is -3.53. The molecule has 18 heavy (non-hydrogen) atoms. The third-order valence-corrected chi connectivity index (χ3v) is 5.65. The van der Waals surface area contributed by atoms with E-state index in [1.54, 1.807) is 13.8 Å². The Bertz CT molecular complexity index is 518. The third-order valence-electron chi connectivity index (χ3n) is 3.39. The summed E-state index contributed by atoms with van der Waals surface area (Å²) in [6, 6.07) is -0.0106. The number of nitrogens with two attached hydrogens (primary N) is 1. The van der Waals surface area contributed by atoms with Gasteiger partial charge in [0.25, 0.3) is 0 Å². The van der Waals surface area contributed by atoms with Crippen molar-refractivity contribution in [2.24, 2.45) is 5.73 Å². The molecule has 1 aromatic heterocycles. The highest BCUT2D eigenvalue weighted by Crippen LogP contribution is 2.28. The summed E-state index contributed by atoms with van der Waals surface area (Å²) in [5, 5.41) is 3.71. The maximum atomic E-state index is 12.6. The average Bonchev–Trinajstić information content (AvgIpc) is 2.58. The van der Waals surface area contributed by atoms with Gasteiger partial charge in [0, 0.05) is 18.6 Å². The molecule has 0 aromatic carbocycles. The van der Waals surface area contributed by atoms with Gasteiger partial charge in [-0.1, -0.05) is 5.16 Å². The minimum absolute atomic E-state index is 0.0797. The number of rotatable bonds is 2. The van der Waals surface area contributed by atoms with Gasteiger partial charge in [0.15, 0.2) is 5.76 Å². The monoisotopic (exact) mass is 273 g/mol. The number of hydrogen-bond acceptors (Lipinski definition) is 5. The molecular formula is C11H19N3O3S. The number of sulfonamides is 1. The first-order valence-electron chi connectivity index (χ1n) is 6.04. The summed E-state index contributed by atoms with van der Waals surface area (Å²) in [4.78, 5) is 0.199. The van der Waals surface area contributed by atoms with Crippen LogP contribution in [0.2, 0.25) is 0 Å². The zero-order valence-electron chi connectivity index (χ0n) is 10.9. The lowest BCUT2D eigenvalue weighted by molar-refractivity contribution is 0.247. The topological polar surface area (TPSA) is 89.4 Å². The molecule has 0 aliphatic carbocycles. The Labute approximate surface area is 107 Å². The highest BCUT2D eigenvalue weighted by molar-refractivity contribution is 7.89. The fourth-order valence-electron chi connectivity index (χ4n) is 2.50. The number of hydrogen-bond donors (Lipinski definition) is 1. The minimum Gasteiger partial charge on any atom is -0.360 e. The minimum atomic E-state index is -3.53. The van der Waals surface area contributed by atoms with E-state index in [0.717, 1.165) is 0 Å². The molecule has 0 amide bonds. The molecule has 0 radical (unpaired) electrons. The molecule has 7 heteroatoms. The molecule has 1 aromatic rings. The van der Waals surface area contributed by atoms with Gasteiger partial charge < -0.3 is 10.3 Å². The van der Waals surface area contributed by atoms with Crippen LogP contribution in [0, 0.1) is 13.8 Å². The van der Waals surface area contributed by atoms with Crippen LogP contribution in [0.25, 0.3) is 0 Å². The van der Waals surface area contributed by atoms with Gasteiger partial charge in [-0.05, 0) is 33.6 Å². The first kappa shape index (κ1) is 13.5. The van der Waals surface area contributed by atoms with Crippen LogP contribution in [0.15, 0.2) is 9.42 Å². The summed E-state index contributed by atoms with van der Waals surface area (Å²) < 4.78 is 31.6. The quantitative estimate of drug-likeness (QED) is 0.860. The second-order valence-electron chi connectivity index (χ2n) is 4.90. The van der Waals surface area contributed by atoms with Gasteiger partial charge in [0.1, 0.15) is 10.6 Å². The van der Waals surface area contributed by atoms with Crippen LogP contribution in [0.4, 0.5) is 0 Å². The van der Waals surface area contributed by atoms with E-state index >= 15 is 0 Å². The van der Waals surface area contributed by atoms with Crippen LogP contribution < -0.4 is 5.73 Å². The van der Waals surface area contributed by atoms with E-state index in [1.807, 2.05) is 6.92 Å². The summed E-state index contributed by atoms with van der Waals surface area (Å²) in [6.07, 6.45) is 1.37. The van der Waals surface area contributed by atoms with E-state index in [1.165, 1.54) is 4.31 Å². The highest BCUT2D eigenvalue weighted by Gasteiger charge is 2.36. The zero-order chi connectivity index (χ0) is 13.5. The zero-order valence-corrected chi connectivity index (χ0v) is 11.7. The van der Waals surface area contributed by atoms with Crippen molar-refractivity contribution < 1.29 is 12.9 Å². The lowest BCUT2D eigenvalue weighted by Crippen LogP contribution is -2.48. The Hall–Kier alpha value is -0.920. The average molecular weight is 273 g/mol. The maximum absolute atomic E-state index is 12.6. The molecule has 0 bridgehead atoms. The second-order valence-corrected chi connectivity index (χ2v) is 6.73. The van der Waals surface area contributed by atoms with Crippen molar-refractivity contribution in [1.29, 1.82) is 0 Å². The standard InChI is InChI=1S/C11H19N3O3S/c1-7-6-10(12)4-5-14(7)18(15,16)11-8(2)13-17-9(11)3/h7,10H,4-6,12H2,1-3H3. The molecule has 0 saturated carbocycles. The van der Waals surface area contributed by atoms with Gasteiger partial charge >= 0.3 is 0 Å². The smallest absolute Gasteiger partial charge is 0.248 e. The van der Waals surface area contributed by atoms with Crippen LogP contribution in [0.3, 0.4) is 0 Å². The molecule has 1 saturated heterocycles. The SMILES string of the molecule is Cc1noc(C)c1S(=O)(=O)N1CCC(N)CC1C. The highest BCUT2D eigenvalue weighted by atomic mass is 32.2. The van der Waals surface area contributed by atoms with Crippen LogP contribution in [-0.2, 0) is 10.0 Å². The molecule has 102 valence electrons. The first-order valence-corrected chi connectivity index (χ1v) is 7.48. The molecule has 1 aliphatic rings. The summed E-state index contributed by atoms with van der Waals surface area (Å²) in [5.41, 5.74) is 6.27. The van der Waals surface area contributed by atoms with E-state index in [2.05, 4.69) is 5.16 Å². The van der Waals surface area contributed by atoms with Crippen LogP contribution >= 0.6 is 0 Å². The number of piperidine rings is 1. The maximum Gasteiger partial charge on any atom is 0.248 e. The van der Waals surface area contributed by atoms with Crippen molar-refractivity contribution in [2.75, 3.05) is 6.54 Å². The lowest BCUT2D eigenvalue weighted by Gasteiger charge is -2.35. The molecule has 1 aliphatic heterocycles. The van der Waals surface area contributed by atoms with Gasteiger partial charge in [0.2, 0.25) is 10.0 Å². The van der Waals surface area contributed by atoms with Crippen LogP contribution in [0.1, 0.15) is 31.2 Å². The molecule has 0 spiro atoms. The molecule has 2 atom stereocenters. The fraction of sp³-hybridized carbons (Fsp3) is 0.727. The van der Waals surface area contributed by atoms with Crippen molar-refractivity contribution in [1.82, 2.24) is 9.46 Å². The largest absolute Gasteiger partial charge is 0.360 e. The van der Waals surface area contributed by atoms with E-state index in [4.69, 9.17) is 10.3 Å². The molecule has 2 heterocycles. The van der Waals surface area contributed by atoms with Gasteiger partial charge in [0.05, 0.1) is 0 Å². The van der Waals surface area contributed by atoms with Crippen LogP contribution in [-0.4, -0.2) is 36.5 Å². The van der Waals surface area contributed by atoms with Crippen molar-refractivity contribution in [2.45, 2.75) is 50.6 Å². The number of aryl methyl sites for hydroxylation is 2. The number of nitrogens with zero attached hydrogens (tertiary/aromatic N) is 2. The van der Waals surface area contributed by atoms with E-state index in [9.17, 15) is 8.42 Å². The summed E-state index contributed by atoms with van der Waals surface area (Å²) in [5.74, 6) is 0.342. The fourth-order valence-corrected chi connectivity index (χ4v) is 4.46. The third kappa shape index (κ3) is 2.17. The second kappa shape index (κ2) is 4.64. The van der Waals surface area contributed by atoms with Gasteiger partial charge in [-0.2, -0.15) is 4.31 Å². The molecular weight excluding hydrogens is 254 g/mol. The first-order chi connectivity index (χ1) is 8.34. The predicted molar refractivity (Wildman–Crippen MR) is 66.5 cm³/mol. The Morgan fingerprint density at radius 1 is 1.44 bits per heavy atom. The van der Waals surface area contributed by atoms with Crippen molar-refractivity contribution >= 4 is 10.0 Å². The Balaban J connectivity index is 2.38. The Kier molecular flexibility index (Phi) is 3.48. The number of aromatic nitrogens is 1. The molecule has 2 N–H and O–H groups in total. The van der Waals surface area contributed by atoms with Gasteiger partial charge in [-0.3, -0.25) is 0 Å². The normalized spacial score (nSPS) is 26.4. The summed E-state index contributed by atoms with van der Waals surface area (Å²) in [6.45, 7) is 5.60. The van der Waals surface area contributed by atoms with E-state index in [-0.39, 0.29) is 17.0 Å². The molecule has 6 nitrogen and oxygen atoms in total. The van der Waals surface area contributed by atoms with Gasteiger partial charge in [-0.25, -0.2) is 8.42 Å². The van der Waals surface area contributed by atoms with Crippen molar-refractivity contribution in [3.8, 4) is 0 Å². The van der Waals surface area contributed by atoms with Crippen molar-refractivity contribution in [3.63, 3.8) is 0 Å². The van der Waals surface area contributed by atoms with E-state index in [0.29, 0.717) is 30.8 Å². The summed E-state index contributed by atoms with van der Waals surface area (Å²) >= 11 is 0. The Morgan fingerprint density at radius 2 is 2.11 bits per heavy atom.